The molecule has 0 radical (unpaired) electrons. The maximum absolute atomic E-state index is 12.2. The minimum absolute atomic E-state index is 0.00959. The number of hydrogen-bond donors (Lipinski definition) is 3. The van der Waals surface area contributed by atoms with E-state index in [2.05, 4.69) is 24.5 Å². The van der Waals surface area contributed by atoms with Crippen LogP contribution in [0, 0.1) is 5.92 Å². The van der Waals surface area contributed by atoms with Crippen molar-refractivity contribution in [3.63, 3.8) is 0 Å². The lowest BCUT2D eigenvalue weighted by atomic mass is 9.90. The van der Waals surface area contributed by atoms with E-state index < -0.39 is 0 Å². The van der Waals surface area contributed by atoms with Crippen molar-refractivity contribution < 1.29 is 14.3 Å². The Labute approximate surface area is 155 Å². The van der Waals surface area contributed by atoms with Gasteiger partial charge in [-0.15, -0.1) is 0 Å². The lowest BCUT2D eigenvalue weighted by molar-refractivity contribution is -0.123. The number of anilines is 1. The highest BCUT2D eigenvalue weighted by atomic mass is 16.5. The van der Waals surface area contributed by atoms with Crippen LogP contribution in [0.4, 0.5) is 5.69 Å². The number of ether oxygens (including phenoxy) is 1. The average Bonchev–Trinajstić information content (AvgIpc) is 2.58. The molecule has 6 nitrogen and oxygen atoms in total. The van der Waals surface area contributed by atoms with E-state index in [9.17, 15) is 9.59 Å². The Morgan fingerprint density at radius 2 is 2.15 bits per heavy atom. The van der Waals surface area contributed by atoms with Crippen molar-refractivity contribution in [2.45, 2.75) is 58.4 Å². The van der Waals surface area contributed by atoms with Crippen molar-refractivity contribution in [2.24, 2.45) is 11.7 Å². The molecule has 1 aliphatic heterocycles. The summed E-state index contributed by atoms with van der Waals surface area (Å²) >= 11 is 0. The summed E-state index contributed by atoms with van der Waals surface area (Å²) in [5, 5.41) is 5.91. The van der Waals surface area contributed by atoms with Crippen LogP contribution in [-0.2, 0) is 16.0 Å². The number of nitrogens with one attached hydrogen (secondary N) is 2. The van der Waals surface area contributed by atoms with Gasteiger partial charge in [0.05, 0.1) is 6.61 Å². The lowest BCUT2D eigenvalue weighted by Crippen LogP contribution is -2.52. The summed E-state index contributed by atoms with van der Waals surface area (Å²) in [6.45, 7) is 7.14. The summed E-state index contributed by atoms with van der Waals surface area (Å²) in [5.74, 6) is 1.31. The van der Waals surface area contributed by atoms with Crippen molar-refractivity contribution >= 4 is 17.5 Å². The molecular weight excluding hydrogens is 330 g/mol. The van der Waals surface area contributed by atoms with E-state index in [-0.39, 0.29) is 17.4 Å². The average molecular weight is 361 g/mol. The quantitative estimate of drug-likeness (QED) is 0.589. The van der Waals surface area contributed by atoms with Crippen molar-refractivity contribution in [3.8, 4) is 5.75 Å². The summed E-state index contributed by atoms with van der Waals surface area (Å²) in [5.41, 5.74) is 7.43. The highest BCUT2D eigenvalue weighted by Gasteiger charge is 2.25. The van der Waals surface area contributed by atoms with Crippen LogP contribution >= 0.6 is 0 Å². The molecule has 1 aliphatic rings. The summed E-state index contributed by atoms with van der Waals surface area (Å²) in [7, 11) is 0. The maximum Gasteiger partial charge on any atom is 0.224 e. The van der Waals surface area contributed by atoms with Gasteiger partial charge in [-0.05, 0) is 55.9 Å². The first kappa shape index (κ1) is 20.2. The molecule has 0 saturated heterocycles. The van der Waals surface area contributed by atoms with Gasteiger partial charge >= 0.3 is 0 Å². The van der Waals surface area contributed by atoms with Gasteiger partial charge in [0.15, 0.2) is 0 Å². The van der Waals surface area contributed by atoms with Crippen LogP contribution < -0.4 is 21.1 Å². The number of benzene rings is 1. The minimum Gasteiger partial charge on any atom is -0.494 e. The van der Waals surface area contributed by atoms with E-state index in [0.29, 0.717) is 38.3 Å². The molecular formula is C20H31N3O3. The topological polar surface area (TPSA) is 93.4 Å². The Morgan fingerprint density at radius 1 is 1.38 bits per heavy atom. The lowest BCUT2D eigenvalue weighted by Gasteiger charge is -2.31. The molecule has 0 saturated carbocycles. The van der Waals surface area contributed by atoms with E-state index in [4.69, 9.17) is 10.5 Å². The normalized spacial score (nSPS) is 15.8. The number of aryl methyl sites for hydroxylation is 1. The number of amides is 2. The van der Waals surface area contributed by atoms with Gasteiger partial charge in [-0.1, -0.05) is 13.8 Å². The molecule has 2 amide bonds. The van der Waals surface area contributed by atoms with Crippen molar-refractivity contribution in [3.05, 3.63) is 23.8 Å². The summed E-state index contributed by atoms with van der Waals surface area (Å²) in [6.07, 6.45) is 3.15. The predicted molar refractivity (Wildman–Crippen MR) is 103 cm³/mol. The molecule has 0 bridgehead atoms. The number of fused-ring (bicyclic) bond motifs is 1. The zero-order chi connectivity index (χ0) is 19.2. The molecule has 144 valence electrons. The molecule has 1 atom stereocenters. The molecule has 4 N–H and O–H groups in total. The Morgan fingerprint density at radius 3 is 2.85 bits per heavy atom. The van der Waals surface area contributed by atoms with Gasteiger partial charge in [0.1, 0.15) is 5.75 Å². The van der Waals surface area contributed by atoms with Gasteiger partial charge in [0, 0.05) is 30.6 Å². The zero-order valence-electron chi connectivity index (χ0n) is 16.1. The fourth-order valence-corrected chi connectivity index (χ4v) is 3.36. The van der Waals surface area contributed by atoms with Crippen LogP contribution in [0.3, 0.4) is 0 Å². The molecule has 1 aromatic carbocycles. The second-order valence-electron chi connectivity index (χ2n) is 7.73. The number of hydrogen-bond acceptors (Lipinski definition) is 4. The second kappa shape index (κ2) is 9.03. The predicted octanol–water partition coefficient (Wildman–Crippen LogP) is 2.61. The fourth-order valence-electron chi connectivity index (χ4n) is 3.36. The van der Waals surface area contributed by atoms with E-state index in [1.807, 2.05) is 25.1 Å². The van der Waals surface area contributed by atoms with Crippen LogP contribution in [0.5, 0.6) is 5.75 Å². The number of nitrogens with two attached hydrogens (primary N) is 1. The molecule has 1 unspecified atom stereocenters. The first-order valence-corrected chi connectivity index (χ1v) is 9.38. The second-order valence-corrected chi connectivity index (χ2v) is 7.73. The highest BCUT2D eigenvalue weighted by molar-refractivity contribution is 5.94. The molecule has 0 spiro atoms. The van der Waals surface area contributed by atoms with Gasteiger partial charge in [-0.3, -0.25) is 9.59 Å². The first-order chi connectivity index (χ1) is 12.3. The van der Waals surface area contributed by atoms with Crippen molar-refractivity contribution in [1.29, 1.82) is 0 Å². The van der Waals surface area contributed by atoms with E-state index in [1.165, 1.54) is 0 Å². The van der Waals surface area contributed by atoms with Gasteiger partial charge < -0.3 is 21.1 Å². The summed E-state index contributed by atoms with van der Waals surface area (Å²) < 4.78 is 5.75. The molecule has 0 aromatic heterocycles. The maximum atomic E-state index is 12.2. The molecule has 2 rings (SSSR count). The SMILES string of the molecule is CC(C)CC(C)(CN)NC(=O)CCCOc1ccc2c(c1)CCC(=O)N2. The van der Waals surface area contributed by atoms with E-state index >= 15 is 0 Å². The molecule has 26 heavy (non-hydrogen) atoms. The van der Waals surface area contributed by atoms with Crippen molar-refractivity contribution in [2.75, 3.05) is 18.5 Å². The smallest absolute Gasteiger partial charge is 0.224 e. The minimum atomic E-state index is -0.352. The molecule has 0 aliphatic carbocycles. The Kier molecular flexibility index (Phi) is 7.03. The van der Waals surface area contributed by atoms with Gasteiger partial charge in [0.2, 0.25) is 11.8 Å². The molecule has 1 heterocycles. The van der Waals surface area contributed by atoms with Crippen LogP contribution in [0.25, 0.3) is 0 Å². The zero-order valence-corrected chi connectivity index (χ0v) is 16.1. The highest BCUT2D eigenvalue weighted by Crippen LogP contribution is 2.26. The first-order valence-electron chi connectivity index (χ1n) is 9.38. The molecule has 0 fully saturated rings. The van der Waals surface area contributed by atoms with Gasteiger partial charge in [-0.2, -0.15) is 0 Å². The Balaban J connectivity index is 1.75. The third kappa shape index (κ3) is 6.02. The fraction of sp³-hybridized carbons (Fsp3) is 0.600. The third-order valence-electron chi connectivity index (χ3n) is 4.54. The van der Waals surface area contributed by atoms with Crippen molar-refractivity contribution in [1.82, 2.24) is 5.32 Å². The van der Waals surface area contributed by atoms with Crippen LogP contribution in [0.1, 0.15) is 52.0 Å². The molecule has 1 aromatic rings. The van der Waals surface area contributed by atoms with E-state index in [1.54, 1.807) is 0 Å². The monoisotopic (exact) mass is 361 g/mol. The summed E-state index contributed by atoms with van der Waals surface area (Å²) in [4.78, 5) is 23.5. The van der Waals surface area contributed by atoms with Gasteiger partial charge in [-0.25, -0.2) is 0 Å². The number of carbonyl (C=O) groups is 2. The van der Waals surface area contributed by atoms with Crippen LogP contribution in [0.2, 0.25) is 0 Å². The van der Waals surface area contributed by atoms with Gasteiger partial charge in [0.25, 0.3) is 0 Å². The third-order valence-corrected chi connectivity index (χ3v) is 4.54. The number of rotatable bonds is 9. The van der Waals surface area contributed by atoms with Crippen LogP contribution in [0.15, 0.2) is 18.2 Å². The number of carbonyl (C=O) groups excluding carboxylic acids is 2. The molecule has 6 heteroatoms. The van der Waals surface area contributed by atoms with E-state index in [0.717, 1.165) is 29.8 Å². The standard InChI is InChI=1S/C20H31N3O3/c1-14(2)12-20(3,13-21)23-19(25)5-4-10-26-16-7-8-17-15(11-16)6-9-18(24)22-17/h7-8,11,14H,4-6,9-10,12-13,21H2,1-3H3,(H,22,24)(H,23,25). The Bertz CT molecular complexity index is 645. The largest absolute Gasteiger partial charge is 0.494 e. The Hall–Kier alpha value is -2.08. The summed E-state index contributed by atoms with van der Waals surface area (Å²) in [6, 6.07) is 5.68. The van der Waals surface area contributed by atoms with Crippen LogP contribution in [-0.4, -0.2) is 30.5 Å².